The maximum absolute atomic E-state index is 12.8. The molecular weight excluding hydrogens is 302 g/mol. The topological polar surface area (TPSA) is 75.5 Å². The molecular formula is C15H17N3O3S. The van der Waals surface area contributed by atoms with Gasteiger partial charge in [0.1, 0.15) is 0 Å². The summed E-state index contributed by atoms with van der Waals surface area (Å²) < 4.78 is 0.904. The van der Waals surface area contributed by atoms with E-state index in [1.165, 1.54) is 23.5 Å². The van der Waals surface area contributed by atoms with E-state index in [0.717, 1.165) is 30.9 Å². The lowest BCUT2D eigenvalue weighted by Gasteiger charge is -2.31. The van der Waals surface area contributed by atoms with E-state index in [0.29, 0.717) is 10.9 Å². The number of hydrogen-bond donors (Lipinski definition) is 1. The Kier molecular flexibility index (Phi) is 4.19. The molecule has 6 nitrogen and oxygen atoms in total. The van der Waals surface area contributed by atoms with Gasteiger partial charge in [-0.25, -0.2) is 0 Å². The average molecular weight is 319 g/mol. The molecule has 1 aromatic heterocycles. The molecule has 1 aliphatic rings. The van der Waals surface area contributed by atoms with Crippen molar-refractivity contribution in [3.05, 3.63) is 39.3 Å². The second kappa shape index (κ2) is 6.12. The molecule has 0 aliphatic carbocycles. The van der Waals surface area contributed by atoms with Gasteiger partial charge >= 0.3 is 0 Å². The molecule has 1 saturated heterocycles. The quantitative estimate of drug-likeness (QED) is 0.531. The molecule has 116 valence electrons. The predicted molar refractivity (Wildman–Crippen MR) is 86.7 cm³/mol. The summed E-state index contributed by atoms with van der Waals surface area (Å²) in [6, 6.07) is 4.49. The molecule has 0 amide bonds. The highest BCUT2D eigenvalue weighted by Crippen LogP contribution is 2.30. The molecule has 2 aromatic rings. The van der Waals surface area contributed by atoms with E-state index in [4.69, 9.17) is 0 Å². The molecule has 1 aromatic carbocycles. The van der Waals surface area contributed by atoms with E-state index in [1.54, 1.807) is 6.07 Å². The number of fused-ring (bicyclic) bond motifs is 1. The van der Waals surface area contributed by atoms with E-state index >= 15 is 0 Å². The van der Waals surface area contributed by atoms with E-state index in [1.807, 2.05) is 12.3 Å². The Morgan fingerprint density at radius 3 is 2.82 bits per heavy atom. The van der Waals surface area contributed by atoms with E-state index < -0.39 is 4.92 Å². The highest BCUT2D eigenvalue weighted by Gasteiger charge is 2.26. The van der Waals surface area contributed by atoms with Gasteiger partial charge in [-0.15, -0.1) is 11.3 Å². The van der Waals surface area contributed by atoms with Gasteiger partial charge in [0, 0.05) is 59.3 Å². The van der Waals surface area contributed by atoms with Crippen molar-refractivity contribution >= 4 is 32.9 Å². The summed E-state index contributed by atoms with van der Waals surface area (Å²) in [6.07, 6.45) is 0. The molecule has 0 spiro atoms. The van der Waals surface area contributed by atoms with Crippen LogP contribution in [-0.2, 0) is 0 Å². The Morgan fingerprint density at radius 1 is 1.41 bits per heavy atom. The number of thiophene rings is 1. The highest BCUT2D eigenvalue weighted by atomic mass is 32.1. The van der Waals surface area contributed by atoms with Crippen LogP contribution in [0.4, 0.5) is 5.69 Å². The standard InChI is InChI=1S/C15H17N3O3S/c1-10(17-6-4-16-5-7-17)15(19)13-9-22-14-3-2-11(18(20)21)8-12(13)14/h2-3,8-10,16H,4-7H2,1H3. The Balaban J connectivity index is 1.92. The molecule has 2 heterocycles. The van der Waals surface area contributed by atoms with Crippen LogP contribution in [0.15, 0.2) is 23.6 Å². The maximum Gasteiger partial charge on any atom is 0.270 e. The summed E-state index contributed by atoms with van der Waals surface area (Å²) in [4.78, 5) is 25.4. The molecule has 1 N–H and O–H groups in total. The molecule has 3 rings (SSSR count). The minimum atomic E-state index is -0.425. The molecule has 22 heavy (non-hydrogen) atoms. The number of nitro groups is 1. The third-order valence-electron chi connectivity index (χ3n) is 4.11. The van der Waals surface area contributed by atoms with Crippen LogP contribution in [0.2, 0.25) is 0 Å². The van der Waals surface area contributed by atoms with Crippen molar-refractivity contribution < 1.29 is 9.72 Å². The minimum Gasteiger partial charge on any atom is -0.314 e. The summed E-state index contributed by atoms with van der Waals surface area (Å²) in [5.74, 6) is 0.0358. The van der Waals surface area contributed by atoms with Crippen LogP contribution < -0.4 is 5.32 Å². The van der Waals surface area contributed by atoms with Crippen molar-refractivity contribution in [1.29, 1.82) is 0 Å². The van der Waals surface area contributed by atoms with Crippen LogP contribution in [0.1, 0.15) is 17.3 Å². The second-order valence-electron chi connectivity index (χ2n) is 5.41. The number of piperazine rings is 1. The fourth-order valence-corrected chi connectivity index (χ4v) is 3.71. The largest absolute Gasteiger partial charge is 0.314 e. The summed E-state index contributed by atoms with van der Waals surface area (Å²) in [5.41, 5.74) is 0.615. The lowest BCUT2D eigenvalue weighted by molar-refractivity contribution is -0.384. The van der Waals surface area contributed by atoms with E-state index in [-0.39, 0.29) is 17.5 Å². The monoisotopic (exact) mass is 319 g/mol. The molecule has 1 fully saturated rings. The second-order valence-corrected chi connectivity index (χ2v) is 6.32. The number of nitrogens with one attached hydrogen (secondary N) is 1. The number of hydrogen-bond acceptors (Lipinski definition) is 6. The van der Waals surface area contributed by atoms with E-state index in [2.05, 4.69) is 10.2 Å². The van der Waals surface area contributed by atoms with Gasteiger partial charge in [-0.2, -0.15) is 0 Å². The van der Waals surface area contributed by atoms with Crippen LogP contribution >= 0.6 is 11.3 Å². The number of non-ortho nitro benzene ring substituents is 1. The van der Waals surface area contributed by atoms with Crippen molar-refractivity contribution in [2.45, 2.75) is 13.0 Å². The van der Waals surface area contributed by atoms with Crippen molar-refractivity contribution in [2.75, 3.05) is 26.2 Å². The van der Waals surface area contributed by atoms with Gasteiger partial charge in [0.25, 0.3) is 5.69 Å². The third-order valence-corrected chi connectivity index (χ3v) is 5.08. The SMILES string of the molecule is CC(C(=O)c1csc2ccc([N+](=O)[O-])cc12)N1CCNCC1. The summed E-state index contributed by atoms with van der Waals surface area (Å²) in [7, 11) is 0. The molecule has 0 radical (unpaired) electrons. The Hall–Kier alpha value is -1.83. The summed E-state index contributed by atoms with van der Waals surface area (Å²) in [5, 5.41) is 16.7. The van der Waals surface area contributed by atoms with Gasteiger partial charge in [-0.3, -0.25) is 19.8 Å². The fourth-order valence-electron chi connectivity index (χ4n) is 2.78. The Bertz CT molecular complexity index is 722. The third kappa shape index (κ3) is 2.75. The first-order valence-corrected chi connectivity index (χ1v) is 8.10. The van der Waals surface area contributed by atoms with Crippen molar-refractivity contribution in [1.82, 2.24) is 10.2 Å². The summed E-state index contributed by atoms with van der Waals surface area (Å²) >= 11 is 1.45. The zero-order valence-electron chi connectivity index (χ0n) is 12.2. The van der Waals surface area contributed by atoms with Crippen LogP contribution in [0, 0.1) is 10.1 Å². The zero-order valence-corrected chi connectivity index (χ0v) is 13.1. The van der Waals surface area contributed by atoms with Gasteiger partial charge in [0.15, 0.2) is 5.78 Å². The summed E-state index contributed by atoms with van der Waals surface area (Å²) in [6.45, 7) is 5.36. The molecule has 1 unspecified atom stereocenters. The van der Waals surface area contributed by atoms with E-state index in [9.17, 15) is 14.9 Å². The van der Waals surface area contributed by atoms with Crippen LogP contribution in [0.3, 0.4) is 0 Å². The zero-order chi connectivity index (χ0) is 15.7. The number of ketones is 1. The smallest absolute Gasteiger partial charge is 0.270 e. The van der Waals surface area contributed by atoms with Gasteiger partial charge in [0.2, 0.25) is 0 Å². The Morgan fingerprint density at radius 2 is 2.14 bits per heavy atom. The highest BCUT2D eigenvalue weighted by molar-refractivity contribution is 7.17. The predicted octanol–water partition coefficient (Wildman–Crippen LogP) is 2.29. The maximum atomic E-state index is 12.8. The van der Waals surface area contributed by atoms with Gasteiger partial charge in [0.05, 0.1) is 11.0 Å². The average Bonchev–Trinajstić information content (AvgIpc) is 2.97. The molecule has 7 heteroatoms. The van der Waals surface area contributed by atoms with Crippen LogP contribution in [0.5, 0.6) is 0 Å². The Labute approximate surface area is 131 Å². The fraction of sp³-hybridized carbons (Fsp3) is 0.400. The first kappa shape index (κ1) is 15.1. The first-order chi connectivity index (χ1) is 10.6. The molecule has 1 aliphatic heterocycles. The lowest BCUT2D eigenvalue weighted by Crippen LogP contribution is -2.50. The van der Waals surface area contributed by atoms with Gasteiger partial charge in [-0.1, -0.05) is 0 Å². The first-order valence-electron chi connectivity index (χ1n) is 7.22. The molecule has 0 saturated carbocycles. The molecule has 0 bridgehead atoms. The lowest BCUT2D eigenvalue weighted by atomic mass is 10.0. The number of rotatable bonds is 4. The number of Topliss-reactive ketones (excluding diaryl/α,β-unsaturated/α-hetero) is 1. The molecule has 1 atom stereocenters. The van der Waals surface area contributed by atoms with Crippen molar-refractivity contribution in [2.24, 2.45) is 0 Å². The minimum absolute atomic E-state index is 0.0229. The number of nitro benzene ring substituents is 1. The number of nitrogens with zero attached hydrogens (tertiary/aromatic N) is 2. The van der Waals surface area contributed by atoms with Crippen molar-refractivity contribution in [3.8, 4) is 0 Å². The number of carbonyl (C=O) groups is 1. The van der Waals surface area contributed by atoms with Gasteiger partial charge < -0.3 is 5.32 Å². The van der Waals surface area contributed by atoms with Crippen LogP contribution in [0.25, 0.3) is 10.1 Å². The number of carbonyl (C=O) groups excluding carboxylic acids is 1. The van der Waals surface area contributed by atoms with Crippen molar-refractivity contribution in [3.63, 3.8) is 0 Å². The normalized spacial score (nSPS) is 17.5. The van der Waals surface area contributed by atoms with Gasteiger partial charge in [-0.05, 0) is 13.0 Å². The van der Waals surface area contributed by atoms with Crippen LogP contribution in [-0.4, -0.2) is 47.8 Å². The number of benzene rings is 1.